The quantitative estimate of drug-likeness (QED) is 0.787. The monoisotopic (exact) mass is 348 g/mol. The topological polar surface area (TPSA) is 52.2 Å². The molecule has 0 radical (unpaired) electrons. The van der Waals surface area contributed by atoms with Crippen molar-refractivity contribution in [1.29, 1.82) is 0 Å². The van der Waals surface area contributed by atoms with Crippen LogP contribution >= 0.6 is 0 Å². The van der Waals surface area contributed by atoms with E-state index in [1.165, 1.54) is 5.56 Å². The minimum Gasteiger partial charge on any atom is -0.361 e. The number of piperidine rings is 1. The van der Waals surface area contributed by atoms with Crippen molar-refractivity contribution in [3.63, 3.8) is 0 Å². The lowest BCUT2D eigenvalue weighted by atomic mass is 10.0. The molecule has 1 saturated heterocycles. The van der Waals surface area contributed by atoms with E-state index < -0.39 is 0 Å². The number of likely N-dealkylation sites (tertiary alicyclic amines) is 1. The largest absolute Gasteiger partial charge is 0.361 e. The Bertz CT molecular complexity index is 881. The van der Waals surface area contributed by atoms with Gasteiger partial charge in [-0.05, 0) is 48.7 Å². The zero-order chi connectivity index (χ0) is 17.9. The molecule has 0 bridgehead atoms. The molecule has 1 aliphatic rings. The van der Waals surface area contributed by atoms with Crippen LogP contribution in [0.1, 0.15) is 28.8 Å². The van der Waals surface area contributed by atoms with E-state index in [4.69, 9.17) is 0 Å². The first-order chi connectivity index (χ1) is 12.7. The maximum absolute atomic E-state index is 12.9. The summed E-state index contributed by atoms with van der Waals surface area (Å²) in [4.78, 5) is 24.6. The minimum atomic E-state index is 0.110. The molecule has 1 N–H and O–H groups in total. The van der Waals surface area contributed by atoms with Gasteiger partial charge in [-0.15, -0.1) is 0 Å². The second-order valence-corrected chi connectivity index (χ2v) is 7.06. The third-order valence-corrected chi connectivity index (χ3v) is 5.35. The summed E-state index contributed by atoms with van der Waals surface area (Å²) < 4.78 is 0. The summed E-state index contributed by atoms with van der Waals surface area (Å²) >= 11 is 0. The number of nitrogens with zero attached hydrogens (tertiary/aromatic N) is 3. The molecule has 0 atom stereocenters. The second-order valence-electron chi connectivity index (χ2n) is 7.06. The fraction of sp³-hybridized carbons (Fsp3) is 0.333. The number of rotatable bonds is 4. The number of aromatic amines is 1. The highest BCUT2D eigenvalue weighted by Crippen LogP contribution is 2.21. The van der Waals surface area contributed by atoms with Gasteiger partial charge in [-0.3, -0.25) is 14.7 Å². The van der Waals surface area contributed by atoms with E-state index in [2.05, 4.69) is 20.9 Å². The van der Waals surface area contributed by atoms with E-state index >= 15 is 0 Å². The average molecular weight is 348 g/mol. The molecule has 1 aliphatic heterocycles. The highest BCUT2D eigenvalue weighted by Gasteiger charge is 2.26. The van der Waals surface area contributed by atoms with Crippen molar-refractivity contribution in [3.8, 4) is 0 Å². The number of aromatic nitrogens is 2. The van der Waals surface area contributed by atoms with Crippen LogP contribution in [-0.4, -0.2) is 51.9 Å². The van der Waals surface area contributed by atoms with E-state index in [9.17, 15) is 4.79 Å². The zero-order valence-corrected chi connectivity index (χ0v) is 15.1. The smallest absolute Gasteiger partial charge is 0.253 e. The van der Waals surface area contributed by atoms with Gasteiger partial charge >= 0.3 is 0 Å². The number of amides is 1. The van der Waals surface area contributed by atoms with E-state index in [-0.39, 0.29) is 5.91 Å². The van der Waals surface area contributed by atoms with Crippen LogP contribution in [0.4, 0.5) is 0 Å². The number of pyridine rings is 1. The van der Waals surface area contributed by atoms with Crippen LogP contribution in [-0.2, 0) is 6.54 Å². The van der Waals surface area contributed by atoms with Crippen LogP contribution in [0.25, 0.3) is 10.9 Å². The Morgan fingerprint density at radius 3 is 2.88 bits per heavy atom. The lowest BCUT2D eigenvalue weighted by Gasteiger charge is -2.36. The van der Waals surface area contributed by atoms with Gasteiger partial charge in [0.15, 0.2) is 0 Å². The number of carbonyl (C=O) groups is 1. The Hall–Kier alpha value is -2.66. The molecule has 0 unspecified atom stereocenters. The number of carbonyl (C=O) groups excluding carboxylic acids is 1. The molecule has 26 heavy (non-hydrogen) atoms. The lowest BCUT2D eigenvalue weighted by molar-refractivity contribution is 0.0636. The third kappa shape index (κ3) is 3.48. The van der Waals surface area contributed by atoms with E-state index in [1.807, 2.05) is 54.7 Å². The highest BCUT2D eigenvalue weighted by molar-refractivity contribution is 5.98. The molecule has 0 spiro atoms. The summed E-state index contributed by atoms with van der Waals surface area (Å²) in [5, 5.41) is 1.08. The van der Waals surface area contributed by atoms with Crippen LogP contribution in [0.5, 0.6) is 0 Å². The molecule has 1 amide bonds. The van der Waals surface area contributed by atoms with Gasteiger partial charge in [-0.1, -0.05) is 6.07 Å². The maximum atomic E-state index is 12.9. The van der Waals surface area contributed by atoms with Crippen molar-refractivity contribution in [3.05, 3.63) is 66.1 Å². The summed E-state index contributed by atoms with van der Waals surface area (Å²) in [5.41, 5.74) is 3.07. The molecule has 1 aromatic carbocycles. The molecule has 4 rings (SSSR count). The standard InChI is InChI=1S/C21H24N4O/c1-24(21(26)18-4-5-20-17(13-18)6-10-23-20)19-7-11-25(12-8-19)15-16-3-2-9-22-14-16/h2-6,9-10,13-14,19,23H,7-8,11-12,15H2,1H3. The van der Waals surface area contributed by atoms with E-state index in [1.54, 1.807) is 6.20 Å². The van der Waals surface area contributed by atoms with Gasteiger partial charge in [0, 0.05) is 67.8 Å². The molecular formula is C21H24N4O. The first-order valence-corrected chi connectivity index (χ1v) is 9.16. The van der Waals surface area contributed by atoms with Crippen LogP contribution < -0.4 is 0 Å². The molecule has 5 nitrogen and oxygen atoms in total. The molecule has 134 valence electrons. The summed E-state index contributed by atoms with van der Waals surface area (Å²) in [6.45, 7) is 2.95. The summed E-state index contributed by atoms with van der Waals surface area (Å²) in [6.07, 6.45) is 7.66. The van der Waals surface area contributed by atoms with Crippen molar-refractivity contribution in [2.75, 3.05) is 20.1 Å². The van der Waals surface area contributed by atoms with Crippen LogP contribution in [0.2, 0.25) is 0 Å². The predicted octanol–water partition coefficient (Wildman–Crippen LogP) is 3.30. The van der Waals surface area contributed by atoms with Gasteiger partial charge < -0.3 is 9.88 Å². The Kier molecular flexibility index (Phi) is 4.71. The van der Waals surface area contributed by atoms with E-state index in [0.717, 1.165) is 48.9 Å². The minimum absolute atomic E-state index is 0.110. The number of H-pyrrole nitrogens is 1. The predicted molar refractivity (Wildman–Crippen MR) is 103 cm³/mol. The summed E-state index contributed by atoms with van der Waals surface area (Å²) in [7, 11) is 1.94. The summed E-state index contributed by atoms with van der Waals surface area (Å²) in [6, 6.07) is 12.3. The van der Waals surface area contributed by atoms with Crippen molar-refractivity contribution < 1.29 is 4.79 Å². The SMILES string of the molecule is CN(C(=O)c1ccc2[nH]ccc2c1)C1CCN(Cc2cccnc2)CC1. The van der Waals surface area contributed by atoms with Gasteiger partial charge in [-0.2, -0.15) is 0 Å². The highest BCUT2D eigenvalue weighted by atomic mass is 16.2. The Labute approximate surface area is 153 Å². The fourth-order valence-corrected chi connectivity index (χ4v) is 3.77. The lowest BCUT2D eigenvalue weighted by Crippen LogP contribution is -2.45. The number of benzene rings is 1. The van der Waals surface area contributed by atoms with Gasteiger partial charge in [0.25, 0.3) is 5.91 Å². The van der Waals surface area contributed by atoms with Crippen LogP contribution in [0.3, 0.4) is 0 Å². The third-order valence-electron chi connectivity index (χ3n) is 5.35. The molecule has 1 fully saturated rings. The maximum Gasteiger partial charge on any atom is 0.253 e. The summed E-state index contributed by atoms with van der Waals surface area (Å²) in [5.74, 6) is 0.110. The zero-order valence-electron chi connectivity index (χ0n) is 15.1. The first kappa shape index (κ1) is 16.8. The van der Waals surface area contributed by atoms with Gasteiger partial charge in [0.1, 0.15) is 0 Å². The van der Waals surface area contributed by atoms with Gasteiger partial charge in [0.2, 0.25) is 0 Å². The number of hydrogen-bond donors (Lipinski definition) is 1. The molecule has 3 heterocycles. The van der Waals surface area contributed by atoms with Crippen molar-refractivity contribution in [1.82, 2.24) is 19.8 Å². The molecule has 5 heteroatoms. The Morgan fingerprint density at radius 2 is 2.12 bits per heavy atom. The number of hydrogen-bond acceptors (Lipinski definition) is 3. The van der Waals surface area contributed by atoms with Crippen molar-refractivity contribution >= 4 is 16.8 Å². The van der Waals surface area contributed by atoms with Gasteiger partial charge in [-0.25, -0.2) is 0 Å². The fourth-order valence-electron chi connectivity index (χ4n) is 3.77. The molecule has 0 saturated carbocycles. The van der Waals surface area contributed by atoms with E-state index in [0.29, 0.717) is 6.04 Å². The van der Waals surface area contributed by atoms with Crippen LogP contribution in [0.15, 0.2) is 55.0 Å². The average Bonchev–Trinajstić information content (AvgIpc) is 3.16. The Morgan fingerprint density at radius 1 is 1.27 bits per heavy atom. The molecule has 0 aliphatic carbocycles. The number of fused-ring (bicyclic) bond motifs is 1. The normalized spacial score (nSPS) is 16.0. The molecule has 2 aromatic heterocycles. The van der Waals surface area contributed by atoms with Crippen molar-refractivity contribution in [2.45, 2.75) is 25.4 Å². The van der Waals surface area contributed by atoms with Crippen LogP contribution in [0, 0.1) is 0 Å². The number of nitrogens with one attached hydrogen (secondary N) is 1. The molecular weight excluding hydrogens is 324 g/mol. The van der Waals surface area contributed by atoms with Crippen molar-refractivity contribution in [2.24, 2.45) is 0 Å². The Balaban J connectivity index is 1.36. The second kappa shape index (κ2) is 7.30. The molecule has 3 aromatic rings. The first-order valence-electron chi connectivity index (χ1n) is 9.16. The van der Waals surface area contributed by atoms with Gasteiger partial charge in [0.05, 0.1) is 0 Å².